The fourth-order valence-electron chi connectivity index (χ4n) is 2.30. The average Bonchev–Trinajstić information content (AvgIpc) is 2.87. The molecule has 1 aromatic heterocycles. The second-order valence-electron chi connectivity index (χ2n) is 7.59. The summed E-state index contributed by atoms with van der Waals surface area (Å²) in [5, 5.41) is -0.234. The zero-order valence-corrected chi connectivity index (χ0v) is 16.7. The molecule has 1 N–H and O–H groups in total. The van der Waals surface area contributed by atoms with Crippen molar-refractivity contribution in [3.63, 3.8) is 0 Å². The fourth-order valence-corrected chi connectivity index (χ4v) is 5.56. The van der Waals surface area contributed by atoms with Crippen LogP contribution in [0.3, 0.4) is 0 Å². The molecule has 138 valence electrons. The van der Waals surface area contributed by atoms with Gasteiger partial charge in [-0.1, -0.05) is 46.0 Å². The normalized spacial score (nSPS) is 13.3. The summed E-state index contributed by atoms with van der Waals surface area (Å²) in [4.78, 5) is 4.38. The molecule has 1 aromatic carbocycles. The van der Waals surface area contributed by atoms with Gasteiger partial charge in [0.1, 0.15) is 13.5 Å². The van der Waals surface area contributed by atoms with Crippen molar-refractivity contribution >= 4 is 23.8 Å². The van der Waals surface area contributed by atoms with Gasteiger partial charge in [-0.25, -0.2) is 17.7 Å². The summed E-state index contributed by atoms with van der Waals surface area (Å²) in [6, 6.07) is 3.80. The molecule has 0 radical (unpaired) electrons. The minimum Gasteiger partial charge on any atom is -0.269 e. The molecule has 0 amide bonds. The van der Waals surface area contributed by atoms with E-state index in [1.54, 1.807) is 0 Å². The Kier molecular flexibility index (Phi) is 4.97. The highest BCUT2D eigenvalue weighted by atomic mass is 32.2. The number of rotatable bonds is 4. The Balaban J connectivity index is 2.58. The number of benzene rings is 1. The maximum atomic E-state index is 13.9. The van der Waals surface area contributed by atoms with Crippen LogP contribution in [-0.4, -0.2) is 30.0 Å². The summed E-state index contributed by atoms with van der Waals surface area (Å²) < 4.78 is 61.1. The molecule has 0 atom stereocenters. The van der Waals surface area contributed by atoms with Crippen molar-refractivity contribution in [1.29, 1.82) is 0 Å². The first-order valence-corrected chi connectivity index (χ1v) is 12.1. The maximum Gasteiger partial charge on any atom is 0.364 e. The number of hydrogen-bond donors (Lipinski definition) is 1. The van der Waals surface area contributed by atoms with Crippen LogP contribution in [0.4, 0.5) is 8.78 Å². The molecule has 0 saturated heterocycles. The van der Waals surface area contributed by atoms with Crippen LogP contribution in [0.5, 0.6) is 0 Å². The van der Waals surface area contributed by atoms with Crippen molar-refractivity contribution in [3.8, 4) is 0 Å². The van der Waals surface area contributed by atoms with Crippen molar-refractivity contribution in [2.24, 2.45) is 0 Å². The van der Waals surface area contributed by atoms with E-state index in [0.29, 0.717) is 0 Å². The quantitative estimate of drug-likeness (QED) is 0.645. The molecule has 0 fully saturated rings. The molecule has 2 aromatic rings. The lowest BCUT2D eigenvalue weighted by Crippen LogP contribution is -2.54. The van der Waals surface area contributed by atoms with Gasteiger partial charge in [-0.2, -0.15) is 8.42 Å². The van der Waals surface area contributed by atoms with E-state index in [4.69, 9.17) is 0 Å². The van der Waals surface area contributed by atoms with Crippen LogP contribution in [0, 0.1) is 11.6 Å². The highest BCUT2D eigenvalue weighted by Crippen LogP contribution is 2.35. The fraction of sp³-hybridized carbons (Fsp3) is 0.438. The van der Waals surface area contributed by atoms with E-state index in [0.717, 1.165) is 10.0 Å². The molecule has 0 aliphatic heterocycles. The second-order valence-corrected chi connectivity index (χ2v) is 14.1. The van der Waals surface area contributed by atoms with E-state index in [1.165, 1.54) is 18.3 Å². The van der Waals surface area contributed by atoms with Gasteiger partial charge >= 0.3 is 10.3 Å². The number of aromatic nitrogens is 2. The van der Waals surface area contributed by atoms with Crippen molar-refractivity contribution in [2.75, 3.05) is 0 Å². The summed E-state index contributed by atoms with van der Waals surface area (Å²) >= 11 is 0. The summed E-state index contributed by atoms with van der Waals surface area (Å²) in [6.45, 7) is 9.84. The first kappa shape index (κ1) is 19.7. The zero-order valence-electron chi connectivity index (χ0n) is 14.8. The molecule has 0 saturated carbocycles. The highest BCUT2D eigenvalue weighted by Gasteiger charge is 2.42. The van der Waals surface area contributed by atoms with Crippen LogP contribution in [0.15, 0.2) is 24.4 Å². The lowest BCUT2D eigenvalue weighted by Gasteiger charge is -2.35. The van der Waals surface area contributed by atoms with E-state index in [1.807, 2.05) is 33.9 Å². The summed E-state index contributed by atoms with van der Waals surface area (Å²) in [5.41, 5.74) is 0.595. The van der Waals surface area contributed by atoms with Gasteiger partial charge in [0.05, 0.1) is 5.69 Å². The van der Waals surface area contributed by atoms with Gasteiger partial charge in [0.15, 0.2) is 11.6 Å². The third kappa shape index (κ3) is 3.83. The van der Waals surface area contributed by atoms with E-state index in [9.17, 15) is 21.8 Å². The molecule has 5 nitrogen and oxygen atoms in total. The zero-order chi connectivity index (χ0) is 19.2. The monoisotopic (exact) mass is 388 g/mol. The molecular weight excluding hydrogens is 366 g/mol. The third-order valence-electron chi connectivity index (χ3n) is 4.81. The maximum absolute atomic E-state index is 13.9. The van der Waals surface area contributed by atoms with Gasteiger partial charge < -0.3 is 0 Å². The first-order chi connectivity index (χ1) is 11.2. The Morgan fingerprint density at radius 1 is 1.24 bits per heavy atom. The topological polar surface area (TPSA) is 72.2 Å². The number of halogens is 2. The largest absolute Gasteiger partial charge is 0.364 e. The minimum absolute atomic E-state index is 0.0711. The summed E-state index contributed by atoms with van der Waals surface area (Å²) in [5.74, 6) is -1.96. The molecule has 2 rings (SSSR count). The second kappa shape index (κ2) is 6.29. The van der Waals surface area contributed by atoms with Gasteiger partial charge in [0.2, 0.25) is 0 Å². The minimum atomic E-state index is -4.55. The van der Waals surface area contributed by atoms with E-state index >= 15 is 0 Å². The SMILES string of the molecule is CC(C)(C)[Si](C)(C)c1nc(Cc2cccc(F)c2F)cn1S(=O)(=O)O. The highest BCUT2D eigenvalue weighted by molar-refractivity contribution is 7.84. The van der Waals surface area contributed by atoms with Crippen molar-refractivity contribution < 1.29 is 21.8 Å². The van der Waals surface area contributed by atoms with Crippen LogP contribution in [0.25, 0.3) is 0 Å². The standard InChI is InChI=1S/C16H22F2N2O3SSi/c1-16(2,3)25(4,5)15-19-12(10-20(15)24(21,22)23)9-11-7-6-8-13(17)14(11)18/h6-8,10H,9H2,1-5H3,(H,21,22,23). The predicted molar refractivity (Wildman–Crippen MR) is 95.2 cm³/mol. The van der Waals surface area contributed by atoms with Crippen LogP contribution in [0.2, 0.25) is 18.1 Å². The molecule has 0 unspecified atom stereocenters. The van der Waals surface area contributed by atoms with Gasteiger partial charge in [-0.3, -0.25) is 4.55 Å². The molecule has 0 aliphatic carbocycles. The number of nitrogens with zero attached hydrogens (tertiary/aromatic N) is 2. The smallest absolute Gasteiger partial charge is 0.269 e. The van der Waals surface area contributed by atoms with E-state index in [2.05, 4.69) is 4.98 Å². The molecule has 0 aliphatic rings. The van der Waals surface area contributed by atoms with E-state index < -0.39 is 30.0 Å². The average molecular weight is 389 g/mol. The Hall–Kier alpha value is -1.58. The summed E-state index contributed by atoms with van der Waals surface area (Å²) in [7, 11) is -6.96. The van der Waals surface area contributed by atoms with Crippen LogP contribution >= 0.6 is 0 Å². The van der Waals surface area contributed by atoms with Gasteiger partial charge in [0, 0.05) is 12.6 Å². The van der Waals surface area contributed by atoms with Crippen molar-refractivity contribution in [3.05, 3.63) is 47.3 Å². The van der Waals surface area contributed by atoms with Crippen LogP contribution in [-0.2, 0) is 16.7 Å². The Morgan fingerprint density at radius 3 is 2.36 bits per heavy atom. The van der Waals surface area contributed by atoms with Gasteiger partial charge in [-0.05, 0) is 16.7 Å². The number of hydrogen-bond acceptors (Lipinski definition) is 3. The van der Waals surface area contributed by atoms with Crippen molar-refractivity contribution in [2.45, 2.75) is 45.3 Å². The summed E-state index contributed by atoms with van der Waals surface area (Å²) in [6.07, 6.45) is 1.10. The molecule has 0 spiro atoms. The molecule has 9 heteroatoms. The third-order valence-corrected chi connectivity index (χ3v) is 11.0. The molecule has 25 heavy (non-hydrogen) atoms. The molecular formula is C16H22F2N2O3SSi. The lowest BCUT2D eigenvalue weighted by atomic mass is 10.1. The Bertz CT molecular complexity index is 903. The Morgan fingerprint density at radius 2 is 1.84 bits per heavy atom. The van der Waals surface area contributed by atoms with Crippen LogP contribution < -0.4 is 5.45 Å². The van der Waals surface area contributed by atoms with Gasteiger partial charge in [0.25, 0.3) is 0 Å². The predicted octanol–water partition coefficient (Wildman–Crippen LogP) is 3.12. The van der Waals surface area contributed by atoms with Crippen LogP contribution in [0.1, 0.15) is 32.0 Å². The lowest BCUT2D eigenvalue weighted by molar-refractivity contribution is 0.473. The first-order valence-electron chi connectivity index (χ1n) is 7.75. The number of imidazole rings is 1. The molecule has 1 heterocycles. The van der Waals surface area contributed by atoms with Gasteiger partial charge in [-0.15, -0.1) is 0 Å². The van der Waals surface area contributed by atoms with Crippen molar-refractivity contribution in [1.82, 2.24) is 8.96 Å². The van der Waals surface area contributed by atoms with E-state index in [-0.39, 0.29) is 28.2 Å². The Labute approximate surface area is 147 Å². The molecule has 0 bridgehead atoms.